The number of nitrogens with zero attached hydrogens (tertiary/aromatic N) is 2. The molecule has 1 aromatic heterocycles. The number of carbonyl (C=O) groups is 2. The Morgan fingerprint density at radius 2 is 2.03 bits per heavy atom. The molecule has 3 aliphatic rings. The quantitative estimate of drug-likeness (QED) is 0.380. The average Bonchev–Trinajstić information content (AvgIpc) is 3.67. The fourth-order valence-corrected chi connectivity index (χ4v) is 5.37. The molecule has 2 aliphatic carbocycles. The largest absolute Gasteiger partial charge is 0.432 e. The highest BCUT2D eigenvalue weighted by molar-refractivity contribution is 9.10. The number of oxazole rings is 1. The third-order valence-electron chi connectivity index (χ3n) is 7.52. The minimum Gasteiger partial charge on any atom is -0.432 e. The number of hydrogen-bond donors (Lipinski definition) is 1. The highest BCUT2D eigenvalue weighted by Gasteiger charge is 2.58. The molecule has 2 atom stereocenters. The van der Waals surface area contributed by atoms with E-state index in [2.05, 4.69) is 31.1 Å². The number of Topliss-reactive ketones (excluding diaryl/α,β-unsaturated/α-hetero) is 1. The summed E-state index contributed by atoms with van der Waals surface area (Å²) in [7, 11) is 0. The highest BCUT2D eigenvalue weighted by atomic mass is 79.9. The molecule has 32 heavy (non-hydrogen) atoms. The second kappa shape index (κ2) is 11.5. The number of rotatable bonds is 12. The van der Waals surface area contributed by atoms with Gasteiger partial charge in [0.2, 0.25) is 11.8 Å². The number of amides is 1. The van der Waals surface area contributed by atoms with Crippen LogP contribution in [0.25, 0.3) is 0 Å². The lowest BCUT2D eigenvalue weighted by atomic mass is 9.90. The molecule has 1 spiro atoms. The molecular formula is C24H38BrN3O3S. The van der Waals surface area contributed by atoms with E-state index >= 15 is 0 Å². The van der Waals surface area contributed by atoms with Crippen molar-refractivity contribution in [2.75, 3.05) is 19.6 Å². The van der Waals surface area contributed by atoms with Crippen LogP contribution in [0.15, 0.2) is 15.3 Å². The van der Waals surface area contributed by atoms with Gasteiger partial charge < -0.3 is 14.6 Å². The van der Waals surface area contributed by atoms with Gasteiger partial charge in [-0.05, 0) is 85.3 Å². The van der Waals surface area contributed by atoms with Crippen LogP contribution in [-0.4, -0.2) is 41.2 Å². The molecule has 0 unspecified atom stereocenters. The van der Waals surface area contributed by atoms with Crippen LogP contribution >= 0.6 is 29.4 Å². The van der Waals surface area contributed by atoms with Gasteiger partial charge in [0.05, 0.1) is 6.20 Å². The fraction of sp³-hybridized carbons (Fsp3) is 0.792. The number of ketones is 1. The van der Waals surface area contributed by atoms with Crippen molar-refractivity contribution in [1.29, 1.82) is 0 Å². The summed E-state index contributed by atoms with van der Waals surface area (Å²) in [4.78, 5) is 31.5. The van der Waals surface area contributed by atoms with Crippen LogP contribution in [0.2, 0.25) is 0 Å². The van der Waals surface area contributed by atoms with Crippen molar-refractivity contribution in [2.45, 2.75) is 83.6 Å². The molecule has 1 amide bonds. The summed E-state index contributed by atoms with van der Waals surface area (Å²) in [6, 6.07) is -0.201. The molecule has 1 aromatic rings. The number of piperidine rings is 1. The molecule has 3 fully saturated rings. The van der Waals surface area contributed by atoms with Gasteiger partial charge in [0, 0.05) is 25.3 Å². The molecule has 1 N–H and O–H groups in total. The van der Waals surface area contributed by atoms with Gasteiger partial charge in [-0.2, -0.15) is 13.5 Å². The van der Waals surface area contributed by atoms with E-state index in [1.165, 1.54) is 19.4 Å². The zero-order chi connectivity index (χ0) is 21.8. The molecule has 1 saturated heterocycles. The van der Waals surface area contributed by atoms with E-state index in [-0.39, 0.29) is 36.8 Å². The average molecular weight is 529 g/mol. The van der Waals surface area contributed by atoms with Crippen molar-refractivity contribution >= 4 is 41.1 Å². The minimum absolute atomic E-state index is 0. The standard InChI is InChI=1S/C24H36BrN3O3.H2S/c1-2-18(29)6-4-3-5-7-20(23-26-15-21(25)31-23)27-22(30)19-14-24(19)10-12-28(13-11-24)16-17-8-9-17;/h15,17,19-20H,2-14,16H2,1H3,(H,27,30);1H2/t19-,20+;/m1./s1. The van der Waals surface area contributed by atoms with E-state index < -0.39 is 0 Å². The minimum atomic E-state index is -0.201. The van der Waals surface area contributed by atoms with Crippen molar-refractivity contribution in [1.82, 2.24) is 15.2 Å². The van der Waals surface area contributed by atoms with E-state index in [9.17, 15) is 9.59 Å². The molecule has 0 bridgehead atoms. The zero-order valence-electron chi connectivity index (χ0n) is 19.2. The molecule has 8 heteroatoms. The number of hydrogen-bond acceptors (Lipinski definition) is 5. The molecule has 6 nitrogen and oxygen atoms in total. The van der Waals surface area contributed by atoms with Gasteiger partial charge in [-0.1, -0.05) is 19.8 Å². The number of aromatic nitrogens is 1. The molecule has 180 valence electrons. The first kappa shape index (κ1) is 25.8. The van der Waals surface area contributed by atoms with E-state index in [1.807, 2.05) is 6.92 Å². The Morgan fingerprint density at radius 1 is 1.28 bits per heavy atom. The van der Waals surface area contributed by atoms with Gasteiger partial charge in [0.25, 0.3) is 0 Å². The van der Waals surface area contributed by atoms with Gasteiger partial charge in [-0.3, -0.25) is 9.59 Å². The number of halogens is 1. The summed E-state index contributed by atoms with van der Waals surface area (Å²) in [5.41, 5.74) is 0.229. The maximum atomic E-state index is 13.1. The highest BCUT2D eigenvalue weighted by Crippen LogP contribution is 2.59. The summed E-state index contributed by atoms with van der Waals surface area (Å²) in [5, 5.41) is 3.25. The predicted molar refractivity (Wildman–Crippen MR) is 133 cm³/mol. The van der Waals surface area contributed by atoms with Crippen LogP contribution in [0.1, 0.15) is 89.5 Å². The van der Waals surface area contributed by atoms with Crippen LogP contribution in [0.4, 0.5) is 0 Å². The predicted octanol–water partition coefficient (Wildman–Crippen LogP) is 5.15. The Balaban J connectivity index is 0.00000289. The summed E-state index contributed by atoms with van der Waals surface area (Å²) in [6.07, 6.45) is 12.7. The first-order valence-electron chi connectivity index (χ1n) is 12.1. The molecule has 1 aliphatic heterocycles. The SMILES string of the molecule is CCC(=O)CCCCC[C@H](NC(=O)[C@H]1CC12CCN(CC1CC1)CC2)c1ncc(Br)o1.S. The van der Waals surface area contributed by atoms with E-state index in [0.717, 1.165) is 64.0 Å². The number of unbranched alkanes of at least 4 members (excludes halogenated alkanes) is 2. The van der Waals surface area contributed by atoms with Gasteiger partial charge in [0.1, 0.15) is 11.8 Å². The molecule has 2 heterocycles. The molecule has 4 rings (SSSR count). The van der Waals surface area contributed by atoms with Gasteiger partial charge in [0.15, 0.2) is 4.67 Å². The second-order valence-electron chi connectivity index (χ2n) is 9.92. The van der Waals surface area contributed by atoms with Crippen LogP contribution < -0.4 is 5.32 Å². The molecular weight excluding hydrogens is 490 g/mol. The summed E-state index contributed by atoms with van der Waals surface area (Å²) in [5.74, 6) is 2.13. The maximum Gasteiger partial charge on any atom is 0.224 e. The van der Waals surface area contributed by atoms with Crippen molar-refractivity contribution in [3.63, 3.8) is 0 Å². The Hall–Kier alpha value is -0.860. The van der Waals surface area contributed by atoms with Crippen molar-refractivity contribution in [3.05, 3.63) is 16.8 Å². The third kappa shape index (κ3) is 6.83. The Kier molecular flexibility index (Phi) is 9.27. The summed E-state index contributed by atoms with van der Waals surface area (Å²) >= 11 is 3.33. The first-order chi connectivity index (χ1) is 15.0. The maximum absolute atomic E-state index is 13.1. The number of nitrogens with one attached hydrogen (secondary N) is 1. The topological polar surface area (TPSA) is 75.4 Å². The van der Waals surface area contributed by atoms with E-state index in [1.54, 1.807) is 6.20 Å². The fourth-order valence-electron chi connectivity index (χ4n) is 5.10. The van der Waals surface area contributed by atoms with Crippen molar-refractivity contribution in [2.24, 2.45) is 17.3 Å². The molecule has 2 saturated carbocycles. The first-order valence-corrected chi connectivity index (χ1v) is 12.9. The van der Waals surface area contributed by atoms with Crippen LogP contribution in [0.5, 0.6) is 0 Å². The van der Waals surface area contributed by atoms with Gasteiger partial charge in [-0.25, -0.2) is 4.98 Å². The van der Waals surface area contributed by atoms with E-state index in [0.29, 0.717) is 29.2 Å². The summed E-state index contributed by atoms with van der Waals surface area (Å²) in [6.45, 7) is 5.47. The third-order valence-corrected chi connectivity index (χ3v) is 7.89. The lowest BCUT2D eigenvalue weighted by Crippen LogP contribution is -2.38. The lowest BCUT2D eigenvalue weighted by molar-refractivity contribution is -0.124. The summed E-state index contributed by atoms with van der Waals surface area (Å²) < 4.78 is 6.27. The van der Waals surface area contributed by atoms with Crippen LogP contribution in [-0.2, 0) is 9.59 Å². The second-order valence-corrected chi connectivity index (χ2v) is 10.7. The smallest absolute Gasteiger partial charge is 0.224 e. The van der Waals surface area contributed by atoms with Gasteiger partial charge in [-0.15, -0.1) is 0 Å². The Labute approximate surface area is 207 Å². The number of likely N-dealkylation sites (tertiary alicyclic amines) is 1. The zero-order valence-corrected chi connectivity index (χ0v) is 21.8. The molecule has 0 aromatic carbocycles. The number of carbonyl (C=O) groups excluding carboxylic acids is 2. The van der Waals surface area contributed by atoms with Crippen LogP contribution in [0, 0.1) is 17.3 Å². The Morgan fingerprint density at radius 3 is 2.66 bits per heavy atom. The van der Waals surface area contributed by atoms with Crippen molar-refractivity contribution < 1.29 is 14.0 Å². The molecule has 0 radical (unpaired) electrons. The van der Waals surface area contributed by atoms with Crippen molar-refractivity contribution in [3.8, 4) is 0 Å². The Bertz CT molecular complexity index is 774. The normalized spacial score (nSPS) is 22.9. The lowest BCUT2D eigenvalue weighted by Gasteiger charge is -2.33. The monoisotopic (exact) mass is 527 g/mol. The van der Waals surface area contributed by atoms with Gasteiger partial charge >= 0.3 is 0 Å². The van der Waals surface area contributed by atoms with Crippen LogP contribution in [0.3, 0.4) is 0 Å². The van der Waals surface area contributed by atoms with E-state index in [4.69, 9.17) is 4.42 Å².